The van der Waals surface area contributed by atoms with E-state index >= 15 is 0 Å². The van der Waals surface area contributed by atoms with Gasteiger partial charge in [0.15, 0.2) is 0 Å². The molecule has 120 valence electrons. The Morgan fingerprint density at radius 1 is 0.917 bits per heavy atom. The molecule has 24 heavy (non-hydrogen) atoms. The van der Waals surface area contributed by atoms with Crippen molar-refractivity contribution in [3.8, 4) is 0 Å². The van der Waals surface area contributed by atoms with Gasteiger partial charge in [0.25, 0.3) is 15.9 Å². The molecule has 1 amide bonds. The molecule has 4 nitrogen and oxygen atoms in total. The van der Waals surface area contributed by atoms with Crippen molar-refractivity contribution in [2.45, 2.75) is 11.4 Å². The fraction of sp³-hybridized carbons (Fsp3) is 0.0556. The van der Waals surface area contributed by atoms with Gasteiger partial charge in [-0.2, -0.15) is 0 Å². The molecule has 0 radical (unpaired) electrons. The number of carbonyl (C=O) groups excluding carboxylic acids is 1. The van der Waals surface area contributed by atoms with Gasteiger partial charge in [0.2, 0.25) is 0 Å². The third-order valence-corrected chi connectivity index (χ3v) is 6.89. The van der Waals surface area contributed by atoms with E-state index in [-0.39, 0.29) is 17.0 Å². The maximum atomic E-state index is 12.7. The molecule has 0 unspecified atom stereocenters. The Morgan fingerprint density at radius 3 is 2.42 bits per heavy atom. The summed E-state index contributed by atoms with van der Waals surface area (Å²) in [5.41, 5.74) is 0.979. The van der Waals surface area contributed by atoms with Crippen LogP contribution < -0.4 is 0 Å². The first kappa shape index (κ1) is 15.4. The van der Waals surface area contributed by atoms with Crippen molar-refractivity contribution in [3.05, 3.63) is 76.3 Å². The van der Waals surface area contributed by atoms with Crippen LogP contribution in [0.1, 0.15) is 15.9 Å². The van der Waals surface area contributed by atoms with Crippen molar-refractivity contribution in [3.63, 3.8) is 0 Å². The Labute approximate surface area is 147 Å². The van der Waals surface area contributed by atoms with Crippen LogP contribution in [0.3, 0.4) is 0 Å². The molecule has 0 aliphatic carbocycles. The number of benzene rings is 3. The molecular formula is C18H12BrNO3S. The number of halogens is 1. The zero-order valence-electron chi connectivity index (χ0n) is 12.4. The SMILES string of the molecule is O=C1c2ccccc2S(=O)(=O)N1Cc1ccc2ccccc2c1Br. The van der Waals surface area contributed by atoms with Gasteiger partial charge in [-0.3, -0.25) is 4.79 Å². The molecule has 0 spiro atoms. The van der Waals surface area contributed by atoms with E-state index < -0.39 is 15.9 Å². The summed E-state index contributed by atoms with van der Waals surface area (Å²) in [4.78, 5) is 12.6. The van der Waals surface area contributed by atoms with Gasteiger partial charge < -0.3 is 0 Å². The minimum Gasteiger partial charge on any atom is -0.268 e. The van der Waals surface area contributed by atoms with Crippen molar-refractivity contribution >= 4 is 42.6 Å². The molecule has 6 heteroatoms. The molecule has 0 fully saturated rings. The molecule has 0 saturated carbocycles. The van der Waals surface area contributed by atoms with E-state index in [1.165, 1.54) is 6.07 Å². The lowest BCUT2D eigenvalue weighted by Crippen LogP contribution is -2.29. The first-order valence-electron chi connectivity index (χ1n) is 7.32. The van der Waals surface area contributed by atoms with E-state index in [1.54, 1.807) is 18.2 Å². The zero-order chi connectivity index (χ0) is 16.9. The average molecular weight is 402 g/mol. The van der Waals surface area contributed by atoms with Crippen LogP contribution in [-0.2, 0) is 16.6 Å². The smallest absolute Gasteiger partial charge is 0.268 e. The van der Waals surface area contributed by atoms with Crippen LogP contribution in [0.4, 0.5) is 0 Å². The van der Waals surface area contributed by atoms with Gasteiger partial charge in [0.1, 0.15) is 4.90 Å². The monoisotopic (exact) mass is 401 g/mol. The summed E-state index contributed by atoms with van der Waals surface area (Å²) in [6.45, 7) is 0.00125. The number of hydrogen-bond acceptors (Lipinski definition) is 3. The number of rotatable bonds is 2. The van der Waals surface area contributed by atoms with E-state index in [4.69, 9.17) is 0 Å². The Hall–Kier alpha value is -2.18. The molecule has 0 aromatic heterocycles. The van der Waals surface area contributed by atoms with Crippen molar-refractivity contribution in [1.29, 1.82) is 0 Å². The number of sulfonamides is 1. The summed E-state index contributed by atoms with van der Waals surface area (Å²) < 4.78 is 27.1. The van der Waals surface area contributed by atoms with E-state index in [2.05, 4.69) is 15.9 Å². The second-order valence-electron chi connectivity index (χ2n) is 5.57. The number of nitrogens with zero attached hydrogens (tertiary/aromatic N) is 1. The lowest BCUT2D eigenvalue weighted by atomic mass is 10.1. The van der Waals surface area contributed by atoms with Crippen molar-refractivity contribution in [2.75, 3.05) is 0 Å². The van der Waals surface area contributed by atoms with Gasteiger partial charge in [-0.05, 0) is 44.4 Å². The fourth-order valence-electron chi connectivity index (χ4n) is 2.94. The molecule has 0 N–H and O–H groups in total. The van der Waals surface area contributed by atoms with Gasteiger partial charge in [0, 0.05) is 4.47 Å². The lowest BCUT2D eigenvalue weighted by Gasteiger charge is -2.17. The van der Waals surface area contributed by atoms with Crippen LogP contribution in [0.5, 0.6) is 0 Å². The average Bonchev–Trinajstić information content (AvgIpc) is 2.78. The molecule has 0 atom stereocenters. The van der Waals surface area contributed by atoms with Gasteiger partial charge in [-0.1, -0.05) is 48.5 Å². The third kappa shape index (κ3) is 2.17. The van der Waals surface area contributed by atoms with Gasteiger partial charge in [-0.15, -0.1) is 0 Å². The highest BCUT2D eigenvalue weighted by Crippen LogP contribution is 2.34. The first-order valence-corrected chi connectivity index (χ1v) is 9.55. The molecule has 0 saturated heterocycles. The number of hydrogen-bond donors (Lipinski definition) is 0. The summed E-state index contributed by atoms with van der Waals surface area (Å²) >= 11 is 3.55. The van der Waals surface area contributed by atoms with Gasteiger partial charge in [0.05, 0.1) is 12.1 Å². The standard InChI is InChI=1S/C18H12BrNO3S/c19-17-13(10-9-12-5-1-2-6-14(12)17)11-20-18(21)15-7-3-4-8-16(15)24(20,22)23/h1-10H,11H2. The van der Waals surface area contributed by atoms with Gasteiger partial charge in [-0.25, -0.2) is 12.7 Å². The maximum Gasteiger partial charge on any atom is 0.269 e. The molecule has 1 heterocycles. The second kappa shape index (κ2) is 5.43. The van der Waals surface area contributed by atoms with E-state index in [0.29, 0.717) is 0 Å². The summed E-state index contributed by atoms with van der Waals surface area (Å²) in [6.07, 6.45) is 0. The van der Waals surface area contributed by atoms with Crippen LogP contribution in [-0.4, -0.2) is 18.6 Å². The van der Waals surface area contributed by atoms with Crippen LogP contribution >= 0.6 is 15.9 Å². The van der Waals surface area contributed by atoms with E-state index in [9.17, 15) is 13.2 Å². The predicted octanol–water partition coefficient (Wildman–Crippen LogP) is 3.95. The highest BCUT2D eigenvalue weighted by Gasteiger charge is 2.40. The zero-order valence-corrected chi connectivity index (χ0v) is 14.8. The number of carbonyl (C=O) groups is 1. The molecule has 1 aliphatic heterocycles. The Balaban J connectivity index is 1.80. The van der Waals surface area contributed by atoms with Crippen molar-refractivity contribution < 1.29 is 13.2 Å². The largest absolute Gasteiger partial charge is 0.269 e. The maximum absolute atomic E-state index is 12.7. The molecule has 4 rings (SSSR count). The molecular weight excluding hydrogens is 390 g/mol. The quantitative estimate of drug-likeness (QED) is 0.653. The summed E-state index contributed by atoms with van der Waals surface area (Å²) in [5, 5.41) is 2.03. The lowest BCUT2D eigenvalue weighted by molar-refractivity contribution is 0.0865. The minimum absolute atomic E-state index is 0.00125. The highest BCUT2D eigenvalue weighted by molar-refractivity contribution is 9.10. The predicted molar refractivity (Wildman–Crippen MR) is 95.1 cm³/mol. The number of amides is 1. The summed E-state index contributed by atoms with van der Waals surface area (Å²) in [6, 6.07) is 17.9. The first-order chi connectivity index (χ1) is 11.5. The minimum atomic E-state index is -3.80. The van der Waals surface area contributed by atoms with Crippen molar-refractivity contribution in [2.24, 2.45) is 0 Å². The third-order valence-electron chi connectivity index (χ3n) is 4.17. The molecule has 0 bridgehead atoms. The van der Waals surface area contributed by atoms with E-state index in [1.807, 2.05) is 36.4 Å². The van der Waals surface area contributed by atoms with Crippen LogP contribution in [0.15, 0.2) is 70.0 Å². The molecule has 3 aromatic carbocycles. The number of fused-ring (bicyclic) bond motifs is 2. The molecule has 3 aromatic rings. The van der Waals surface area contributed by atoms with E-state index in [0.717, 1.165) is 25.1 Å². The summed E-state index contributed by atoms with van der Waals surface area (Å²) in [5.74, 6) is -0.481. The Bertz CT molecular complexity index is 1090. The Morgan fingerprint density at radius 2 is 1.62 bits per heavy atom. The topological polar surface area (TPSA) is 54.5 Å². The van der Waals surface area contributed by atoms with Crippen LogP contribution in [0.2, 0.25) is 0 Å². The van der Waals surface area contributed by atoms with Crippen LogP contribution in [0.25, 0.3) is 10.8 Å². The highest BCUT2D eigenvalue weighted by atomic mass is 79.9. The normalized spacial score (nSPS) is 15.7. The fourth-order valence-corrected chi connectivity index (χ4v) is 5.11. The van der Waals surface area contributed by atoms with Crippen LogP contribution in [0, 0.1) is 0 Å². The second-order valence-corrected chi connectivity index (χ2v) is 8.20. The van der Waals surface area contributed by atoms with Gasteiger partial charge >= 0.3 is 0 Å². The summed E-state index contributed by atoms with van der Waals surface area (Å²) in [7, 11) is -3.80. The van der Waals surface area contributed by atoms with Crippen molar-refractivity contribution in [1.82, 2.24) is 4.31 Å². The Kier molecular flexibility index (Phi) is 3.47. The molecule has 1 aliphatic rings.